The largest absolute Gasteiger partial charge is 0.497 e. The van der Waals surface area contributed by atoms with Crippen LogP contribution in [0, 0.1) is 0 Å². The van der Waals surface area contributed by atoms with Crippen LogP contribution in [-0.4, -0.2) is 23.1 Å². The van der Waals surface area contributed by atoms with Gasteiger partial charge in [0.05, 0.1) is 24.6 Å². The summed E-state index contributed by atoms with van der Waals surface area (Å²) in [7, 11) is 1.70. The van der Waals surface area contributed by atoms with Crippen molar-refractivity contribution in [1.82, 2.24) is 9.78 Å². The van der Waals surface area contributed by atoms with Crippen LogP contribution in [0.4, 0.5) is 0 Å². The lowest BCUT2D eigenvalue weighted by Gasteiger charge is -2.07. The van der Waals surface area contributed by atoms with Crippen LogP contribution in [0.1, 0.15) is 23.2 Å². The quantitative estimate of drug-likeness (QED) is 0.541. The van der Waals surface area contributed by atoms with E-state index in [0.717, 1.165) is 52.0 Å². The van der Waals surface area contributed by atoms with Crippen molar-refractivity contribution in [1.29, 1.82) is 0 Å². The fraction of sp³-hybridized carbons (Fsp3) is 0.222. The first-order valence-electron chi connectivity index (χ1n) is 10.8. The summed E-state index contributed by atoms with van der Waals surface area (Å²) in [6, 6.07) is 18.8. The Balaban J connectivity index is 1.58. The van der Waals surface area contributed by atoms with Crippen molar-refractivity contribution < 1.29 is 4.74 Å². The molecule has 2 aromatic carbocycles. The van der Waals surface area contributed by atoms with Crippen LogP contribution in [-0.2, 0) is 19.4 Å². The Morgan fingerprint density at radius 2 is 1.84 bits per heavy atom. The second kappa shape index (κ2) is 9.07. The van der Waals surface area contributed by atoms with Crippen LogP contribution in [0.25, 0.3) is 5.57 Å². The third kappa shape index (κ3) is 4.22. The monoisotopic (exact) mass is 439 g/mol. The Bertz CT molecular complexity index is 1360. The van der Waals surface area contributed by atoms with Gasteiger partial charge in [0.2, 0.25) is 0 Å². The van der Waals surface area contributed by atoms with Gasteiger partial charge < -0.3 is 4.74 Å². The first-order chi connectivity index (χ1) is 15.7. The minimum atomic E-state index is 0.712. The molecule has 0 atom stereocenters. The molecule has 2 aliphatic rings. The number of benzene rings is 2. The Morgan fingerprint density at radius 3 is 2.59 bits per heavy atom. The number of methoxy groups -OCH3 is 1. The second-order valence-corrected chi connectivity index (χ2v) is 8.78. The molecule has 5 rings (SSSR count). The van der Waals surface area contributed by atoms with Crippen molar-refractivity contribution in [3.63, 3.8) is 0 Å². The van der Waals surface area contributed by atoms with Gasteiger partial charge >= 0.3 is 0 Å². The van der Waals surface area contributed by atoms with E-state index in [0.29, 0.717) is 6.54 Å². The summed E-state index contributed by atoms with van der Waals surface area (Å²) in [6.45, 7) is 0.712. The van der Waals surface area contributed by atoms with Crippen LogP contribution >= 0.6 is 11.8 Å². The Kier molecular flexibility index (Phi) is 5.85. The number of ether oxygens (including phenoxy) is 1. The van der Waals surface area contributed by atoms with E-state index in [1.807, 2.05) is 24.5 Å². The van der Waals surface area contributed by atoms with Crippen molar-refractivity contribution in [2.24, 2.45) is 4.99 Å². The maximum absolute atomic E-state index is 5.30. The van der Waals surface area contributed by atoms with Gasteiger partial charge in [-0.15, -0.1) is 11.8 Å². The Morgan fingerprint density at radius 1 is 1.03 bits per heavy atom. The summed E-state index contributed by atoms with van der Waals surface area (Å²) < 4.78 is 7.35. The Hall–Kier alpha value is -3.27. The molecule has 0 spiro atoms. The summed E-state index contributed by atoms with van der Waals surface area (Å²) in [6.07, 6.45) is 9.25. The number of aromatic nitrogens is 2. The third-order valence-corrected chi connectivity index (χ3v) is 6.44. The van der Waals surface area contributed by atoms with Gasteiger partial charge in [0.15, 0.2) is 5.49 Å². The van der Waals surface area contributed by atoms with Gasteiger partial charge in [-0.1, -0.05) is 59.8 Å². The molecule has 5 heteroatoms. The maximum Gasteiger partial charge on any atom is 0.161 e. The van der Waals surface area contributed by atoms with Crippen molar-refractivity contribution in [3.8, 4) is 5.75 Å². The van der Waals surface area contributed by atoms with E-state index in [9.17, 15) is 0 Å². The van der Waals surface area contributed by atoms with Gasteiger partial charge in [-0.3, -0.25) is 0 Å². The highest BCUT2D eigenvalue weighted by Gasteiger charge is 2.17. The topological polar surface area (TPSA) is 39.4 Å². The standard InChI is InChI=1S/C27H25N3OS/c1-31-23-12-8-19(9-13-23)16-21-10-14-24-26-22(17-21)11-15-25(32-2)28-27(26)30(29-24)18-20-6-4-3-5-7-20/h3-9,11-13,17H,10,14,16,18H2,1-2H3. The molecule has 0 saturated heterocycles. The highest BCUT2D eigenvalue weighted by molar-refractivity contribution is 8.02. The van der Waals surface area contributed by atoms with Crippen molar-refractivity contribution >= 4 is 17.3 Å². The lowest BCUT2D eigenvalue weighted by atomic mass is 10.00. The molecule has 4 nitrogen and oxygen atoms in total. The summed E-state index contributed by atoms with van der Waals surface area (Å²) in [5, 5.41) is 7.06. The number of allylic oxidation sites excluding steroid dienone is 3. The van der Waals surface area contributed by atoms with Crippen LogP contribution < -0.4 is 15.4 Å². The van der Waals surface area contributed by atoms with Crippen LogP contribution in [0.2, 0.25) is 0 Å². The minimum Gasteiger partial charge on any atom is -0.497 e. The normalized spacial score (nSPS) is 14.6. The van der Waals surface area contributed by atoms with E-state index in [4.69, 9.17) is 14.8 Å². The molecule has 0 amide bonds. The van der Waals surface area contributed by atoms with Gasteiger partial charge in [-0.2, -0.15) is 5.10 Å². The molecule has 0 bridgehead atoms. The number of rotatable bonds is 6. The molecular formula is C27H25N3OS. The predicted octanol–water partition coefficient (Wildman–Crippen LogP) is 4.20. The number of hydrogen-bond acceptors (Lipinski definition) is 4. The van der Waals surface area contributed by atoms with Gasteiger partial charge in [0.1, 0.15) is 10.8 Å². The van der Waals surface area contributed by atoms with E-state index in [2.05, 4.69) is 59.0 Å². The van der Waals surface area contributed by atoms with Gasteiger partial charge in [0.25, 0.3) is 0 Å². The zero-order chi connectivity index (χ0) is 21.9. The SMILES string of the molecule is COc1ccc(CC2=CC3=c4c(nn(Cc5ccccc5)c4=NC(SC)=C=C3)CC2)cc1. The first-order valence-corrected chi connectivity index (χ1v) is 12.0. The molecule has 1 aromatic heterocycles. The molecule has 1 aliphatic carbocycles. The van der Waals surface area contributed by atoms with E-state index in [1.165, 1.54) is 16.7 Å². The van der Waals surface area contributed by atoms with Gasteiger partial charge in [-0.25, -0.2) is 9.67 Å². The summed E-state index contributed by atoms with van der Waals surface area (Å²) in [5.74, 6) is 0.887. The highest BCUT2D eigenvalue weighted by Crippen LogP contribution is 2.22. The molecule has 0 radical (unpaired) electrons. The van der Waals surface area contributed by atoms with Crippen LogP contribution in [0.3, 0.4) is 0 Å². The van der Waals surface area contributed by atoms with Crippen LogP contribution in [0.5, 0.6) is 5.75 Å². The summed E-state index contributed by atoms with van der Waals surface area (Å²) in [5.41, 5.74) is 10.5. The lowest BCUT2D eigenvalue weighted by Crippen LogP contribution is -2.32. The molecule has 2 heterocycles. The molecular weight excluding hydrogens is 414 g/mol. The third-order valence-electron chi connectivity index (χ3n) is 5.85. The Labute approximate surface area is 192 Å². The zero-order valence-corrected chi connectivity index (χ0v) is 19.2. The van der Waals surface area contributed by atoms with Crippen molar-refractivity contribution in [2.45, 2.75) is 25.8 Å². The van der Waals surface area contributed by atoms with E-state index in [-0.39, 0.29) is 0 Å². The molecule has 32 heavy (non-hydrogen) atoms. The lowest BCUT2D eigenvalue weighted by molar-refractivity contribution is 0.414. The minimum absolute atomic E-state index is 0.712. The molecule has 1 aliphatic heterocycles. The summed E-state index contributed by atoms with van der Waals surface area (Å²) >= 11 is 1.61. The number of aryl methyl sites for hydroxylation is 1. The average molecular weight is 440 g/mol. The van der Waals surface area contributed by atoms with E-state index in [1.54, 1.807) is 18.9 Å². The predicted molar refractivity (Wildman–Crippen MR) is 130 cm³/mol. The molecule has 0 unspecified atom stereocenters. The highest BCUT2D eigenvalue weighted by atomic mass is 32.2. The summed E-state index contributed by atoms with van der Waals surface area (Å²) in [4.78, 5) is 4.95. The average Bonchev–Trinajstić information content (AvgIpc) is 2.95. The number of hydrogen-bond donors (Lipinski definition) is 0. The number of nitrogens with zero attached hydrogens (tertiary/aromatic N) is 3. The molecule has 0 N–H and O–H groups in total. The van der Waals surface area contributed by atoms with Gasteiger partial charge in [0, 0.05) is 0 Å². The van der Waals surface area contributed by atoms with Gasteiger partial charge in [-0.05, 0) is 60.4 Å². The smallest absolute Gasteiger partial charge is 0.161 e. The zero-order valence-electron chi connectivity index (χ0n) is 18.3. The molecule has 0 fully saturated rings. The fourth-order valence-corrected chi connectivity index (χ4v) is 4.58. The number of thioether (sulfide) groups is 1. The first kappa shape index (κ1) is 20.6. The molecule has 3 aromatic rings. The van der Waals surface area contributed by atoms with Crippen molar-refractivity contribution in [3.05, 3.63) is 111 Å². The molecule has 0 saturated carbocycles. The maximum atomic E-state index is 5.30. The molecule has 160 valence electrons. The van der Waals surface area contributed by atoms with E-state index < -0.39 is 0 Å². The van der Waals surface area contributed by atoms with Crippen LogP contribution in [0.15, 0.2) is 88.1 Å². The second-order valence-electron chi connectivity index (χ2n) is 7.98. The van der Waals surface area contributed by atoms with Crippen molar-refractivity contribution in [2.75, 3.05) is 13.4 Å². The van der Waals surface area contributed by atoms with E-state index >= 15 is 0 Å². The fourth-order valence-electron chi connectivity index (χ4n) is 4.23.